The topological polar surface area (TPSA) is 111 Å². The molecule has 0 spiro atoms. The minimum absolute atomic E-state index is 0.245. The van der Waals surface area contributed by atoms with Gasteiger partial charge in [-0.3, -0.25) is 18.1 Å². The zero-order valence-corrected chi connectivity index (χ0v) is 66.4. The normalized spacial score (nSPS) is 23.3. The van der Waals surface area contributed by atoms with Crippen LogP contribution >= 0.6 is 26.9 Å². The predicted molar refractivity (Wildman–Crippen MR) is 411 cm³/mol. The van der Waals surface area contributed by atoms with Crippen LogP contribution in [0.25, 0.3) is 0 Å². The Morgan fingerprint density at radius 2 is 0.385 bits per heavy atom. The van der Waals surface area contributed by atoms with E-state index in [9.17, 15) is 0 Å². The third-order valence-corrected chi connectivity index (χ3v) is 28.0. The molecule has 9 rings (SSSR count). The number of hydrogen-bond acceptors (Lipinski definition) is 16. The Balaban J connectivity index is 1.44. The maximum absolute atomic E-state index is 7.41. The van der Waals surface area contributed by atoms with Crippen molar-refractivity contribution < 1.29 is 54.3 Å². The molecule has 4 aromatic rings. The second-order valence-electron chi connectivity index (χ2n) is 27.4. The molecule has 4 aliphatic heterocycles. The molecule has 1 aliphatic carbocycles. The molecule has 4 aromatic carbocycles. The van der Waals surface area contributed by atoms with Crippen LogP contribution in [0, 0.1) is 0 Å². The van der Waals surface area contributed by atoms with E-state index in [0.717, 1.165) is 276 Å². The quantitative estimate of drug-likeness (QED) is 0.0309. The van der Waals surface area contributed by atoms with Crippen LogP contribution in [0.5, 0.6) is 46.0 Å². The van der Waals surface area contributed by atoms with Gasteiger partial charge in [0.2, 0.25) is 0 Å². The van der Waals surface area contributed by atoms with Gasteiger partial charge in [0.15, 0.2) is 0 Å². The molecule has 12 nitrogen and oxygen atoms in total. The summed E-state index contributed by atoms with van der Waals surface area (Å²) in [7, 11) is 0. The van der Waals surface area contributed by atoms with Gasteiger partial charge < -0.3 is 36.2 Å². The fraction of sp³-hybridized carbons (Fsp3) is 0.684. The summed E-state index contributed by atoms with van der Waals surface area (Å²) in [5, 5.41) is 0. The maximum atomic E-state index is 7.41. The zero-order chi connectivity index (χ0) is 68.0. The monoisotopic (exact) mass is 1470 g/mol. The molecule has 0 saturated carbocycles. The molecular weight excluding hydrogens is 1360 g/mol. The van der Waals surface area contributed by atoms with Gasteiger partial charge in [0.25, 0.3) is 0 Å². The summed E-state index contributed by atoms with van der Waals surface area (Å²) < 4.78 is 87.0. The second-order valence-corrected chi connectivity index (χ2v) is 38.9. The van der Waals surface area contributed by atoms with Crippen LogP contribution in [-0.2, 0) is 65.3 Å². The SMILES string of the molecule is CCCCCCOP1(=S)Oc2cc3c4cc2C(CCCCCC)c2cc5c(cc2O1)OP(=S)(OCCCCCC)Oc1cc2c(cc1C5CCCCCC)C(CCCCCC)c1cc(c(cc1OP(=S)(OCCCCCC)O2)OP(=S)(OCCCCCC)O3)C4CCCCCC. The predicted octanol–water partition coefficient (Wildman–Crippen LogP) is 26.8. The summed E-state index contributed by atoms with van der Waals surface area (Å²) in [5.41, 5.74) is 8.03. The molecule has 4 heterocycles. The first-order valence-corrected chi connectivity index (χ1v) is 48.2. The average Bonchev–Trinajstić information content (AvgIpc) is 0.746. The Bertz CT molecular complexity index is 2760. The highest BCUT2D eigenvalue weighted by atomic mass is 32.5. The number of hydrogen-bond donors (Lipinski definition) is 0. The Kier molecular flexibility index (Phi) is 31.5. The molecule has 0 N–H and O–H groups in total. The molecule has 8 bridgehead atoms. The molecule has 96 heavy (non-hydrogen) atoms. The summed E-state index contributed by atoms with van der Waals surface area (Å²) in [4.78, 5) is 0. The van der Waals surface area contributed by atoms with E-state index in [1.54, 1.807) is 0 Å². The van der Waals surface area contributed by atoms with Crippen LogP contribution in [0.2, 0.25) is 0 Å². The maximum Gasteiger partial charge on any atom is 0.434 e. The Hall–Kier alpha value is -2.28. The summed E-state index contributed by atoms with van der Waals surface area (Å²) >= 11 is 27.0. The van der Waals surface area contributed by atoms with E-state index in [0.29, 0.717) is 72.4 Å². The molecule has 0 fully saturated rings. The number of unbranched alkanes of at least 4 members (excludes halogenated alkanes) is 24. The van der Waals surface area contributed by atoms with Crippen molar-refractivity contribution in [2.75, 3.05) is 26.4 Å². The van der Waals surface area contributed by atoms with E-state index in [1.807, 2.05) is 0 Å². The molecular formula is C76H116O12P4S4. The number of rotatable bonds is 44. The molecule has 0 unspecified atom stereocenters. The van der Waals surface area contributed by atoms with E-state index >= 15 is 0 Å². The lowest BCUT2D eigenvalue weighted by atomic mass is 9.76. The van der Waals surface area contributed by atoms with Gasteiger partial charge >= 0.3 is 26.9 Å². The molecule has 0 amide bonds. The van der Waals surface area contributed by atoms with Gasteiger partial charge in [-0.15, -0.1) is 0 Å². The van der Waals surface area contributed by atoms with Gasteiger partial charge in [-0.05, 0) is 75.6 Å². The van der Waals surface area contributed by atoms with Gasteiger partial charge in [0.05, 0.1) is 26.4 Å². The van der Waals surface area contributed by atoms with Gasteiger partial charge in [-0.1, -0.05) is 235 Å². The third kappa shape index (κ3) is 21.0. The first-order chi connectivity index (χ1) is 46.7. The minimum atomic E-state index is -3.71. The fourth-order valence-electron chi connectivity index (χ4n) is 14.3. The van der Waals surface area contributed by atoms with Gasteiger partial charge in [0.1, 0.15) is 46.0 Å². The fourth-order valence-corrected chi connectivity index (χ4v) is 22.3. The van der Waals surface area contributed by atoms with Crippen molar-refractivity contribution in [1.29, 1.82) is 0 Å². The first kappa shape index (κ1) is 77.9. The lowest BCUT2D eigenvalue weighted by Crippen LogP contribution is -2.21. The van der Waals surface area contributed by atoms with Crippen LogP contribution in [0.15, 0.2) is 48.5 Å². The van der Waals surface area contributed by atoms with E-state index in [4.69, 9.17) is 102 Å². The molecule has 0 aromatic heterocycles. The van der Waals surface area contributed by atoms with Crippen molar-refractivity contribution in [2.45, 2.75) is 310 Å². The lowest BCUT2D eigenvalue weighted by Gasteiger charge is -2.38. The summed E-state index contributed by atoms with van der Waals surface area (Å²) in [6.07, 6.45) is 35.9. The minimum Gasteiger partial charge on any atom is -0.415 e. The van der Waals surface area contributed by atoms with Crippen molar-refractivity contribution in [3.63, 3.8) is 0 Å². The molecule has 5 aliphatic rings. The highest BCUT2D eigenvalue weighted by molar-refractivity contribution is 8.09. The standard InChI is InChI=1S/C76H116O12P4S4/c1-9-17-25-33-41-57-61-49-63-58(42-34-26-18-10-2)65-51-67-60(44-36-28-20-12-4)68-52-66-59(43-35-27-19-11-3)64-50-62(57)70-54-72(64)84-91(95,79-47-39-31-23-15-7)86-74(66)56-76(68)88-92(96,80-48-40-32-24-16-8)87-75(67)55-73(65)85-90(94,78-46-38-30-22-14-6)83-71(63)53-69(61)81-89(93,82-70)77-45-37-29-21-13-5/h49-60H,9-48H2,1-8H3. The van der Waals surface area contributed by atoms with Crippen molar-refractivity contribution in [1.82, 2.24) is 0 Å². The zero-order valence-electron chi connectivity index (χ0n) is 59.5. The highest BCUT2D eigenvalue weighted by Gasteiger charge is 2.45. The smallest absolute Gasteiger partial charge is 0.415 e. The lowest BCUT2D eigenvalue weighted by molar-refractivity contribution is 0.247. The van der Waals surface area contributed by atoms with Crippen molar-refractivity contribution in [3.05, 3.63) is 93.0 Å². The summed E-state index contributed by atoms with van der Waals surface area (Å²) in [6.45, 7) is 4.56. The van der Waals surface area contributed by atoms with Gasteiger partial charge in [0, 0.05) is 140 Å². The molecule has 536 valence electrons. The van der Waals surface area contributed by atoms with Crippen LogP contribution in [-0.4, -0.2) is 26.4 Å². The average molecular weight is 1470 g/mol. The van der Waals surface area contributed by atoms with E-state index in [-0.39, 0.29) is 23.7 Å². The Morgan fingerprint density at radius 3 is 0.542 bits per heavy atom. The molecule has 0 saturated heterocycles. The van der Waals surface area contributed by atoms with E-state index in [2.05, 4.69) is 104 Å². The van der Waals surface area contributed by atoms with Crippen LogP contribution in [0.4, 0.5) is 0 Å². The van der Waals surface area contributed by atoms with Gasteiger partial charge in [-0.25, -0.2) is 0 Å². The molecule has 20 heteroatoms. The Labute approximate surface area is 599 Å². The summed E-state index contributed by atoms with van der Waals surface area (Å²) in [6, 6.07) is 17.8. The third-order valence-electron chi connectivity index (χ3n) is 19.6. The van der Waals surface area contributed by atoms with Gasteiger partial charge in [-0.2, -0.15) is 0 Å². The van der Waals surface area contributed by atoms with E-state index in [1.165, 1.54) is 0 Å². The summed E-state index contributed by atoms with van der Waals surface area (Å²) in [5.74, 6) is 3.53. The van der Waals surface area contributed by atoms with Crippen LogP contribution in [0.1, 0.15) is 355 Å². The van der Waals surface area contributed by atoms with Crippen LogP contribution < -0.4 is 36.2 Å². The van der Waals surface area contributed by atoms with Crippen molar-refractivity contribution >= 4 is 74.1 Å². The Morgan fingerprint density at radius 1 is 0.229 bits per heavy atom. The van der Waals surface area contributed by atoms with Crippen molar-refractivity contribution in [3.8, 4) is 46.0 Å². The second kappa shape index (κ2) is 38.8. The molecule has 0 atom stereocenters. The molecule has 0 radical (unpaired) electrons. The largest absolute Gasteiger partial charge is 0.434 e. The first-order valence-electron chi connectivity index (χ1n) is 37.9. The highest BCUT2D eigenvalue weighted by Crippen LogP contribution is 2.67. The van der Waals surface area contributed by atoms with E-state index < -0.39 is 26.9 Å². The van der Waals surface area contributed by atoms with Crippen LogP contribution in [0.3, 0.4) is 0 Å². The number of benzene rings is 4. The van der Waals surface area contributed by atoms with Crippen molar-refractivity contribution in [2.24, 2.45) is 0 Å².